The number of epoxide rings is 1. The first-order valence-electron chi connectivity index (χ1n) is 16.5. The molecule has 2 heterocycles. The molecule has 4 aliphatic rings. The molecule has 12 heteroatoms. The Morgan fingerprint density at radius 1 is 1.09 bits per heavy atom. The molecule has 5 rings (SSSR count). The number of benzene rings is 1. The van der Waals surface area contributed by atoms with E-state index in [0.29, 0.717) is 29.3 Å². The molecule has 47 heavy (non-hydrogen) atoms. The largest absolute Gasteiger partial charge is 0.460 e. The van der Waals surface area contributed by atoms with Crippen LogP contribution < -0.4 is 10.6 Å². The van der Waals surface area contributed by atoms with Gasteiger partial charge in [-0.25, -0.2) is 4.79 Å². The predicted octanol–water partition coefficient (Wildman–Crippen LogP) is 2.97. The number of carbonyl (C=O) groups is 4. The number of hydrogen-bond acceptors (Lipinski definition) is 10. The Labute approximate surface area is 275 Å². The Morgan fingerprint density at radius 2 is 1.89 bits per heavy atom. The number of nitrogens with one attached hydrogen (secondary N) is 2. The van der Waals surface area contributed by atoms with Crippen LogP contribution in [0.3, 0.4) is 0 Å². The van der Waals surface area contributed by atoms with Crippen molar-refractivity contribution in [2.24, 2.45) is 5.92 Å². The van der Waals surface area contributed by atoms with E-state index in [1.807, 2.05) is 18.2 Å². The van der Waals surface area contributed by atoms with Gasteiger partial charge in [-0.2, -0.15) is 0 Å². The highest BCUT2D eigenvalue weighted by Crippen LogP contribution is 2.40. The molecule has 12 nitrogen and oxygen atoms in total. The number of amides is 2. The normalized spacial score (nSPS) is 27.2. The summed E-state index contributed by atoms with van der Waals surface area (Å²) in [5, 5.41) is 15.1. The lowest BCUT2D eigenvalue weighted by molar-refractivity contribution is -0.155. The maximum absolute atomic E-state index is 13.4. The van der Waals surface area contributed by atoms with Gasteiger partial charge in [0.25, 0.3) is 0 Å². The van der Waals surface area contributed by atoms with Crippen LogP contribution in [0.2, 0.25) is 0 Å². The number of hydrogen-bond donors (Lipinski definition) is 3. The molecule has 3 fully saturated rings. The molecule has 3 N–H and O–H groups in total. The Hall–Kier alpha value is -3.58. The van der Waals surface area contributed by atoms with Crippen LogP contribution in [0, 0.1) is 5.92 Å². The van der Waals surface area contributed by atoms with Crippen molar-refractivity contribution in [1.29, 1.82) is 0 Å². The highest BCUT2D eigenvalue weighted by molar-refractivity contribution is 5.95. The Bertz CT molecular complexity index is 1370. The number of allylic oxidation sites excluding steroid dienone is 1. The summed E-state index contributed by atoms with van der Waals surface area (Å²) < 4.78 is 28.2. The van der Waals surface area contributed by atoms with Crippen molar-refractivity contribution >= 4 is 29.8 Å². The second-order valence-corrected chi connectivity index (χ2v) is 13.5. The number of fused-ring (bicyclic) bond motifs is 2. The number of aliphatic hydroxyl groups is 1. The summed E-state index contributed by atoms with van der Waals surface area (Å²) >= 11 is 0. The minimum Gasteiger partial charge on any atom is -0.460 e. The first-order valence-corrected chi connectivity index (χ1v) is 16.5. The van der Waals surface area contributed by atoms with Crippen molar-refractivity contribution < 1.29 is 48.0 Å². The molecule has 7 atom stereocenters. The zero-order chi connectivity index (χ0) is 33.6. The van der Waals surface area contributed by atoms with Gasteiger partial charge in [-0.05, 0) is 70.1 Å². The fourth-order valence-corrected chi connectivity index (χ4v) is 6.20. The molecule has 1 saturated carbocycles. The molecule has 256 valence electrons. The molecule has 2 saturated heterocycles. The van der Waals surface area contributed by atoms with Gasteiger partial charge in [-0.3, -0.25) is 14.4 Å². The number of ether oxygens (including phenoxy) is 5. The second-order valence-electron chi connectivity index (χ2n) is 13.5. The van der Waals surface area contributed by atoms with E-state index in [0.717, 1.165) is 24.8 Å². The van der Waals surface area contributed by atoms with Crippen LogP contribution in [0.15, 0.2) is 42.0 Å². The lowest BCUT2D eigenvalue weighted by Gasteiger charge is -2.30. The van der Waals surface area contributed by atoms with Crippen LogP contribution in [0.25, 0.3) is 6.08 Å². The molecule has 2 aliphatic carbocycles. The van der Waals surface area contributed by atoms with Crippen molar-refractivity contribution in [2.45, 2.75) is 108 Å². The smallest absolute Gasteiger partial charge is 0.339 e. The first-order chi connectivity index (χ1) is 22.5. The summed E-state index contributed by atoms with van der Waals surface area (Å²) in [5.74, 6) is -1.31. The molecule has 1 aromatic carbocycles. The number of rotatable bonds is 13. The van der Waals surface area contributed by atoms with E-state index in [-0.39, 0.29) is 51.5 Å². The summed E-state index contributed by atoms with van der Waals surface area (Å²) in [6.07, 6.45) is 8.20. The van der Waals surface area contributed by atoms with Gasteiger partial charge in [0.2, 0.25) is 11.8 Å². The van der Waals surface area contributed by atoms with Crippen molar-refractivity contribution in [3.05, 3.63) is 53.1 Å². The fourth-order valence-electron chi connectivity index (χ4n) is 6.20. The lowest BCUT2D eigenvalue weighted by Crippen LogP contribution is -2.44. The van der Waals surface area contributed by atoms with E-state index in [1.165, 1.54) is 0 Å². The van der Waals surface area contributed by atoms with E-state index in [1.54, 1.807) is 39.0 Å². The molecular formula is C35H46N2O10. The predicted molar refractivity (Wildman–Crippen MR) is 170 cm³/mol. The molecule has 0 spiro atoms. The van der Waals surface area contributed by atoms with Gasteiger partial charge in [0.05, 0.1) is 30.4 Å². The third kappa shape index (κ3) is 9.96. The summed E-state index contributed by atoms with van der Waals surface area (Å²) in [6, 6.07) is 6.65. The SMILES string of the molecule is CC(C)(C)OC(=O)CC[C@@H](CO)NC(=O)CCNC(=O)C1=C[C@H]2OCO[C@H]2[C@H](OC(=O)c2ccccc2C=CC2CCC3OC3C2)C1. The quantitative estimate of drug-likeness (QED) is 0.213. The van der Waals surface area contributed by atoms with Gasteiger partial charge in [0.1, 0.15) is 30.7 Å². The molecule has 0 radical (unpaired) electrons. The van der Waals surface area contributed by atoms with Crippen molar-refractivity contribution in [3.63, 3.8) is 0 Å². The minimum absolute atomic E-state index is 0.0151. The summed E-state index contributed by atoms with van der Waals surface area (Å²) in [5.41, 5.74) is 0.933. The Kier molecular flexibility index (Phi) is 11.5. The van der Waals surface area contributed by atoms with E-state index in [2.05, 4.69) is 16.7 Å². The molecule has 2 aliphatic heterocycles. The van der Waals surface area contributed by atoms with Crippen LogP contribution in [0.1, 0.15) is 81.6 Å². The maximum atomic E-state index is 13.4. The van der Waals surface area contributed by atoms with E-state index in [9.17, 15) is 24.3 Å². The molecule has 1 aromatic rings. The highest BCUT2D eigenvalue weighted by Gasteiger charge is 2.44. The first kappa shape index (κ1) is 34.7. The van der Waals surface area contributed by atoms with Crippen LogP contribution >= 0.6 is 0 Å². The van der Waals surface area contributed by atoms with Crippen molar-refractivity contribution in [2.75, 3.05) is 19.9 Å². The van der Waals surface area contributed by atoms with Gasteiger partial charge in [-0.1, -0.05) is 30.4 Å². The third-order valence-corrected chi connectivity index (χ3v) is 8.66. The van der Waals surface area contributed by atoms with Crippen LogP contribution in [-0.2, 0) is 38.1 Å². The molecule has 0 bridgehead atoms. The summed E-state index contributed by atoms with van der Waals surface area (Å²) in [7, 11) is 0. The molecule has 2 amide bonds. The number of aliphatic hydroxyl groups excluding tert-OH is 1. The number of carbonyl (C=O) groups excluding carboxylic acids is 4. The van der Waals surface area contributed by atoms with E-state index < -0.39 is 47.8 Å². The van der Waals surface area contributed by atoms with Crippen molar-refractivity contribution in [3.8, 4) is 0 Å². The average Bonchev–Trinajstić information content (AvgIpc) is 3.65. The monoisotopic (exact) mass is 654 g/mol. The van der Waals surface area contributed by atoms with Crippen LogP contribution in [0.4, 0.5) is 0 Å². The van der Waals surface area contributed by atoms with Crippen LogP contribution in [-0.4, -0.2) is 91.0 Å². The second kappa shape index (κ2) is 15.5. The minimum atomic E-state index is -0.751. The number of esters is 2. The van der Waals surface area contributed by atoms with Gasteiger partial charge >= 0.3 is 11.9 Å². The summed E-state index contributed by atoms with van der Waals surface area (Å²) in [6.45, 7) is 5.02. The van der Waals surface area contributed by atoms with E-state index in [4.69, 9.17) is 23.7 Å². The van der Waals surface area contributed by atoms with Crippen molar-refractivity contribution in [1.82, 2.24) is 10.6 Å². The van der Waals surface area contributed by atoms with Gasteiger partial charge < -0.3 is 39.4 Å². The van der Waals surface area contributed by atoms with E-state index >= 15 is 0 Å². The topological polar surface area (TPSA) is 162 Å². The van der Waals surface area contributed by atoms with Gasteiger partial charge in [0, 0.05) is 31.4 Å². The maximum Gasteiger partial charge on any atom is 0.339 e. The van der Waals surface area contributed by atoms with Gasteiger partial charge in [-0.15, -0.1) is 0 Å². The van der Waals surface area contributed by atoms with Crippen LogP contribution in [0.5, 0.6) is 0 Å². The Balaban J connectivity index is 1.11. The zero-order valence-electron chi connectivity index (χ0n) is 27.3. The summed E-state index contributed by atoms with van der Waals surface area (Å²) in [4.78, 5) is 51.0. The zero-order valence-corrected chi connectivity index (χ0v) is 27.3. The standard InChI is InChI=1S/C35H46N2O10/c1-35(2,3)47-31(40)13-11-24(19-38)37-30(39)14-15-36-33(41)23-17-28-32(44-20-43-28)29(18-23)46-34(42)25-7-5-4-6-22(25)10-8-21-9-12-26-27(16-21)45-26/h4-8,10,17,21,24,26-29,32,38H,9,11-16,18-20H2,1-3H3,(H,36,41)(H,37,39)/t21?,24-,26?,27?,28+,29+,32+/m0/s1. The third-order valence-electron chi connectivity index (χ3n) is 8.66. The fraction of sp³-hybridized carbons (Fsp3) is 0.600. The molecular weight excluding hydrogens is 608 g/mol. The molecule has 3 unspecified atom stereocenters. The lowest BCUT2D eigenvalue weighted by atomic mass is 9.88. The highest BCUT2D eigenvalue weighted by atomic mass is 16.7. The van der Waals surface area contributed by atoms with Gasteiger partial charge in [0.15, 0.2) is 0 Å². The molecule has 0 aromatic heterocycles. The Morgan fingerprint density at radius 3 is 2.66 bits per heavy atom. The average molecular weight is 655 g/mol.